The molecule has 1 aromatic carbocycles. The molecule has 0 atom stereocenters. The van der Waals surface area contributed by atoms with Gasteiger partial charge in [-0.25, -0.2) is 9.86 Å². The average Bonchev–Trinajstić information content (AvgIpc) is 2.32. The summed E-state index contributed by atoms with van der Waals surface area (Å²) in [6, 6.07) is 4.70. The summed E-state index contributed by atoms with van der Waals surface area (Å²) in [5, 5.41) is 15.1. The number of halogens is 1. The maximum absolute atomic E-state index is 11.5. The van der Waals surface area contributed by atoms with Gasteiger partial charge < -0.3 is 10.5 Å². The Bertz CT molecular complexity index is 437. The lowest BCUT2D eigenvalue weighted by atomic mass is 10.2. The number of nitrogens with one attached hydrogen (secondary N) is 1. The molecule has 1 aromatic rings. The van der Waals surface area contributed by atoms with Crippen molar-refractivity contribution in [1.82, 2.24) is 5.06 Å². The third-order valence-corrected chi connectivity index (χ3v) is 2.73. The van der Waals surface area contributed by atoms with Crippen LogP contribution in [-0.2, 0) is 4.84 Å². The molecule has 92 valence electrons. The molecule has 0 bridgehead atoms. The minimum Gasteiger partial charge on any atom is -0.411 e. The smallest absolute Gasteiger partial charge is 0.345 e. The van der Waals surface area contributed by atoms with E-state index < -0.39 is 6.03 Å². The zero-order chi connectivity index (χ0) is 12.8. The van der Waals surface area contributed by atoms with E-state index in [2.05, 4.69) is 26.4 Å². The summed E-state index contributed by atoms with van der Waals surface area (Å²) in [5.74, 6) is 0. The van der Waals surface area contributed by atoms with E-state index in [1.54, 1.807) is 18.2 Å². The normalized spacial score (nSPS) is 10.5. The first-order valence-electron chi connectivity index (χ1n) is 4.64. The van der Waals surface area contributed by atoms with Crippen LogP contribution < -0.4 is 5.32 Å². The summed E-state index contributed by atoms with van der Waals surface area (Å²) >= 11 is 3.29. The minimum absolute atomic E-state index is 0.401. The van der Waals surface area contributed by atoms with Crippen LogP contribution in [0.5, 0.6) is 0 Å². The van der Waals surface area contributed by atoms with Crippen LogP contribution in [0.3, 0.4) is 0 Å². The molecule has 0 saturated heterocycles. The molecule has 2 N–H and O–H groups in total. The van der Waals surface area contributed by atoms with E-state index in [-0.39, 0.29) is 0 Å². The van der Waals surface area contributed by atoms with Crippen molar-refractivity contribution in [2.75, 3.05) is 19.5 Å². The first kappa shape index (κ1) is 13.5. The number of benzene rings is 1. The van der Waals surface area contributed by atoms with Crippen molar-refractivity contribution in [2.45, 2.75) is 0 Å². The third-order valence-electron chi connectivity index (χ3n) is 2.00. The van der Waals surface area contributed by atoms with Crippen LogP contribution in [-0.4, -0.2) is 36.7 Å². The largest absolute Gasteiger partial charge is 0.411 e. The molecular formula is C10H12BrN3O3. The van der Waals surface area contributed by atoms with E-state index in [4.69, 9.17) is 10.0 Å². The quantitative estimate of drug-likeness (QED) is 0.511. The van der Waals surface area contributed by atoms with Gasteiger partial charge in [0, 0.05) is 22.8 Å². The molecule has 0 unspecified atom stereocenters. The highest BCUT2D eigenvalue weighted by Gasteiger charge is 2.08. The summed E-state index contributed by atoms with van der Waals surface area (Å²) in [5.41, 5.74) is 1.21. The van der Waals surface area contributed by atoms with E-state index in [0.29, 0.717) is 11.3 Å². The molecule has 0 aromatic heterocycles. The highest BCUT2D eigenvalue weighted by atomic mass is 79.9. The minimum atomic E-state index is -0.401. The first-order valence-corrected chi connectivity index (χ1v) is 5.43. The Kier molecular flexibility index (Phi) is 4.92. The highest BCUT2D eigenvalue weighted by Crippen LogP contribution is 2.19. The second-order valence-electron chi connectivity index (χ2n) is 3.09. The summed E-state index contributed by atoms with van der Waals surface area (Å²) in [4.78, 5) is 16.2. The molecule has 0 spiro atoms. The summed E-state index contributed by atoms with van der Waals surface area (Å²) in [6.07, 6.45) is 1.26. The topological polar surface area (TPSA) is 74.2 Å². The van der Waals surface area contributed by atoms with Crippen molar-refractivity contribution in [3.63, 3.8) is 0 Å². The third kappa shape index (κ3) is 3.72. The zero-order valence-corrected chi connectivity index (χ0v) is 10.9. The molecule has 17 heavy (non-hydrogen) atoms. The van der Waals surface area contributed by atoms with Gasteiger partial charge in [-0.1, -0.05) is 21.1 Å². The van der Waals surface area contributed by atoms with Gasteiger partial charge in [0.2, 0.25) is 0 Å². The number of urea groups is 1. The van der Waals surface area contributed by atoms with Crippen molar-refractivity contribution in [3.05, 3.63) is 28.2 Å². The number of hydrogen-bond acceptors (Lipinski definition) is 4. The number of rotatable bonds is 3. The van der Waals surface area contributed by atoms with Crippen molar-refractivity contribution < 1.29 is 14.8 Å². The Morgan fingerprint density at radius 2 is 2.35 bits per heavy atom. The molecule has 0 fully saturated rings. The fourth-order valence-corrected chi connectivity index (χ4v) is 1.42. The van der Waals surface area contributed by atoms with Gasteiger partial charge in [0.25, 0.3) is 0 Å². The lowest BCUT2D eigenvalue weighted by Crippen LogP contribution is -2.30. The Balaban J connectivity index is 2.86. The Labute approximate surface area is 107 Å². The number of carbonyl (C=O) groups is 1. The van der Waals surface area contributed by atoms with Gasteiger partial charge in [-0.3, -0.25) is 4.84 Å². The molecular weight excluding hydrogens is 290 g/mol. The molecule has 0 aliphatic heterocycles. The number of oxime groups is 1. The van der Waals surface area contributed by atoms with Crippen LogP contribution in [0.1, 0.15) is 5.56 Å². The SMILES string of the molecule is CON(C)C(=O)Nc1ccc(Br)c(C=NO)c1. The first-order chi connectivity index (χ1) is 8.08. The van der Waals surface area contributed by atoms with Gasteiger partial charge in [-0.05, 0) is 18.2 Å². The molecule has 0 heterocycles. The number of carbonyl (C=O) groups excluding carboxylic acids is 1. The molecule has 0 radical (unpaired) electrons. The Morgan fingerprint density at radius 3 is 2.94 bits per heavy atom. The lowest BCUT2D eigenvalue weighted by Gasteiger charge is -2.14. The van der Waals surface area contributed by atoms with Crippen LogP contribution in [0.15, 0.2) is 27.8 Å². The lowest BCUT2D eigenvalue weighted by molar-refractivity contribution is -0.0598. The predicted molar refractivity (Wildman–Crippen MR) is 67.3 cm³/mol. The maximum Gasteiger partial charge on any atom is 0.345 e. The Hall–Kier alpha value is -1.60. The highest BCUT2D eigenvalue weighted by molar-refractivity contribution is 9.10. The average molecular weight is 302 g/mol. The maximum atomic E-state index is 11.5. The number of anilines is 1. The molecule has 6 nitrogen and oxygen atoms in total. The molecule has 2 amide bonds. The van der Waals surface area contributed by atoms with Crippen molar-refractivity contribution in [1.29, 1.82) is 0 Å². The second kappa shape index (κ2) is 6.21. The van der Waals surface area contributed by atoms with E-state index in [0.717, 1.165) is 9.54 Å². The van der Waals surface area contributed by atoms with Crippen LogP contribution in [0, 0.1) is 0 Å². The molecule has 1 rings (SSSR count). The van der Waals surface area contributed by atoms with Crippen molar-refractivity contribution in [3.8, 4) is 0 Å². The number of nitrogens with zero attached hydrogens (tertiary/aromatic N) is 2. The summed E-state index contributed by atoms with van der Waals surface area (Å²) in [7, 11) is 2.88. The number of hydroxylamine groups is 2. The predicted octanol–water partition coefficient (Wildman–Crippen LogP) is 2.28. The number of amides is 2. The molecule has 7 heteroatoms. The van der Waals surface area contributed by atoms with E-state index in [1.807, 2.05) is 0 Å². The molecule has 0 aliphatic rings. The Morgan fingerprint density at radius 1 is 1.65 bits per heavy atom. The van der Waals surface area contributed by atoms with E-state index in [9.17, 15) is 4.79 Å². The fraction of sp³-hybridized carbons (Fsp3) is 0.200. The summed E-state index contributed by atoms with van der Waals surface area (Å²) in [6.45, 7) is 0. The van der Waals surface area contributed by atoms with Crippen molar-refractivity contribution >= 4 is 33.9 Å². The fourth-order valence-electron chi connectivity index (χ4n) is 1.07. The standard InChI is InChI=1S/C10H12BrN3O3/c1-14(17-2)10(15)13-8-3-4-9(11)7(5-8)6-12-16/h3-6,16H,1-2H3,(H,13,15). The monoisotopic (exact) mass is 301 g/mol. The molecule has 0 aliphatic carbocycles. The van der Waals surface area contributed by atoms with Gasteiger partial charge in [-0.15, -0.1) is 0 Å². The van der Waals surface area contributed by atoms with Crippen LogP contribution in [0.2, 0.25) is 0 Å². The zero-order valence-electron chi connectivity index (χ0n) is 9.35. The van der Waals surface area contributed by atoms with Gasteiger partial charge in [0.1, 0.15) is 0 Å². The molecule has 0 saturated carbocycles. The van der Waals surface area contributed by atoms with Gasteiger partial charge in [0.15, 0.2) is 0 Å². The van der Waals surface area contributed by atoms with E-state index in [1.165, 1.54) is 20.4 Å². The van der Waals surface area contributed by atoms with Gasteiger partial charge >= 0.3 is 6.03 Å². The summed E-state index contributed by atoms with van der Waals surface area (Å²) < 4.78 is 0.758. The van der Waals surface area contributed by atoms with Gasteiger partial charge in [-0.2, -0.15) is 0 Å². The van der Waals surface area contributed by atoms with Crippen LogP contribution in [0.4, 0.5) is 10.5 Å². The van der Waals surface area contributed by atoms with Crippen LogP contribution >= 0.6 is 15.9 Å². The van der Waals surface area contributed by atoms with Crippen molar-refractivity contribution in [2.24, 2.45) is 5.16 Å². The second-order valence-corrected chi connectivity index (χ2v) is 3.95. The number of hydrogen-bond donors (Lipinski definition) is 2. The van der Waals surface area contributed by atoms with Gasteiger partial charge in [0.05, 0.1) is 13.3 Å². The van der Waals surface area contributed by atoms with Crippen LogP contribution in [0.25, 0.3) is 0 Å². The van der Waals surface area contributed by atoms with E-state index >= 15 is 0 Å².